The molecule has 0 bridgehead atoms. The second-order valence-corrected chi connectivity index (χ2v) is 7.79. The third-order valence-electron chi connectivity index (χ3n) is 5.08. The maximum absolute atomic E-state index is 12.9. The van der Waals surface area contributed by atoms with Crippen molar-refractivity contribution in [3.63, 3.8) is 0 Å². The van der Waals surface area contributed by atoms with Crippen molar-refractivity contribution in [1.29, 1.82) is 0 Å². The molecule has 0 saturated carbocycles. The summed E-state index contributed by atoms with van der Waals surface area (Å²) < 4.78 is 11.4. The Morgan fingerprint density at radius 3 is 2.45 bits per heavy atom. The van der Waals surface area contributed by atoms with Crippen LogP contribution in [0.15, 0.2) is 83.5 Å². The number of ether oxygens (including phenoxy) is 2. The number of nitrogens with zero attached hydrogens (tertiary/aromatic N) is 2. The predicted molar refractivity (Wildman–Crippen MR) is 127 cm³/mol. The number of carbonyl (C=O) groups is 2. The lowest BCUT2D eigenvalue weighted by molar-refractivity contribution is -0.123. The zero-order chi connectivity index (χ0) is 23.4. The molecule has 0 radical (unpaired) electrons. The van der Waals surface area contributed by atoms with Crippen molar-refractivity contribution in [2.24, 2.45) is 5.10 Å². The van der Waals surface area contributed by atoms with Gasteiger partial charge in [0.2, 0.25) is 0 Å². The average molecular weight is 461 g/mol. The molecule has 0 aliphatic carbocycles. The zero-order valence-corrected chi connectivity index (χ0v) is 18.9. The molecular weight excluding hydrogens is 440 g/mol. The number of carbonyl (C=O) groups excluding carboxylic acids is 2. The first-order chi connectivity index (χ1) is 16.0. The van der Waals surface area contributed by atoms with Crippen LogP contribution in [-0.4, -0.2) is 29.6 Å². The van der Waals surface area contributed by atoms with Gasteiger partial charge in [-0.05, 0) is 60.5 Å². The fraction of sp³-hybridized carbons (Fsp3) is 0.115. The molecule has 1 aliphatic rings. The van der Waals surface area contributed by atoms with E-state index < -0.39 is 11.8 Å². The number of halogens is 1. The molecule has 0 saturated heterocycles. The van der Waals surface area contributed by atoms with Gasteiger partial charge < -0.3 is 9.47 Å². The quantitative estimate of drug-likeness (QED) is 0.366. The highest BCUT2D eigenvalue weighted by molar-refractivity contribution is 6.31. The van der Waals surface area contributed by atoms with Crippen LogP contribution in [0, 0.1) is 0 Å². The van der Waals surface area contributed by atoms with E-state index in [4.69, 9.17) is 21.1 Å². The molecule has 0 atom stereocenters. The third-order valence-corrected chi connectivity index (χ3v) is 5.33. The maximum atomic E-state index is 12.9. The van der Waals surface area contributed by atoms with Gasteiger partial charge in [0.05, 0.1) is 18.4 Å². The number of benzene rings is 3. The first-order valence-corrected chi connectivity index (χ1v) is 10.6. The van der Waals surface area contributed by atoms with Crippen LogP contribution in [-0.2, 0) is 11.4 Å². The summed E-state index contributed by atoms with van der Waals surface area (Å²) in [6.45, 7) is 2.05. The molecule has 166 valence electrons. The molecule has 1 heterocycles. The molecule has 0 fully saturated rings. The van der Waals surface area contributed by atoms with Crippen molar-refractivity contribution in [2.75, 3.05) is 7.11 Å². The van der Waals surface area contributed by atoms with E-state index in [9.17, 15) is 9.59 Å². The van der Waals surface area contributed by atoms with E-state index in [0.717, 1.165) is 16.1 Å². The summed E-state index contributed by atoms with van der Waals surface area (Å²) in [4.78, 5) is 25.6. The summed E-state index contributed by atoms with van der Waals surface area (Å²) in [5.74, 6) is 0.157. The molecule has 0 unspecified atom stereocenters. The van der Waals surface area contributed by atoms with Crippen molar-refractivity contribution < 1.29 is 19.1 Å². The SMILES string of the molecule is COc1cc(/C=C2/C(=O)N(C(=O)c3ccccc3)N=C2C)ccc1OCc1ccc(Cl)cc1. The summed E-state index contributed by atoms with van der Waals surface area (Å²) in [5, 5.41) is 5.73. The van der Waals surface area contributed by atoms with Crippen LogP contribution in [0.25, 0.3) is 6.08 Å². The standard InChI is InChI=1S/C26H21ClN2O4/c1-17-22(26(31)29(28-17)25(30)20-6-4-3-5-7-20)14-19-10-13-23(24(15-19)32-2)33-16-18-8-11-21(27)12-9-18/h3-15H,16H2,1-2H3/b22-14+. The minimum atomic E-state index is -0.469. The number of methoxy groups -OCH3 is 1. The van der Waals surface area contributed by atoms with Gasteiger partial charge in [-0.2, -0.15) is 10.1 Å². The number of hydrogen-bond acceptors (Lipinski definition) is 5. The Labute approximate surface area is 196 Å². The molecule has 4 rings (SSSR count). The van der Waals surface area contributed by atoms with Crippen LogP contribution in [0.5, 0.6) is 11.5 Å². The van der Waals surface area contributed by atoms with Crippen LogP contribution in [0.3, 0.4) is 0 Å². The monoisotopic (exact) mass is 460 g/mol. The highest BCUT2D eigenvalue weighted by Crippen LogP contribution is 2.30. The Morgan fingerprint density at radius 1 is 1.03 bits per heavy atom. The largest absolute Gasteiger partial charge is 0.493 e. The molecular formula is C26H21ClN2O4. The minimum Gasteiger partial charge on any atom is -0.493 e. The second kappa shape index (κ2) is 9.71. The lowest BCUT2D eigenvalue weighted by atomic mass is 10.1. The molecule has 3 aromatic rings. The van der Waals surface area contributed by atoms with Gasteiger partial charge in [-0.25, -0.2) is 0 Å². The van der Waals surface area contributed by atoms with Crippen molar-refractivity contribution >= 4 is 35.2 Å². The Bertz CT molecular complexity index is 1250. The van der Waals surface area contributed by atoms with E-state index in [1.165, 1.54) is 0 Å². The third kappa shape index (κ3) is 4.96. The molecule has 6 nitrogen and oxygen atoms in total. The molecule has 33 heavy (non-hydrogen) atoms. The first kappa shape index (κ1) is 22.3. The molecule has 1 aliphatic heterocycles. The van der Waals surface area contributed by atoms with Gasteiger partial charge in [0.15, 0.2) is 11.5 Å². The van der Waals surface area contributed by atoms with Crippen LogP contribution < -0.4 is 9.47 Å². The van der Waals surface area contributed by atoms with Crippen LogP contribution in [0.2, 0.25) is 5.02 Å². The van der Waals surface area contributed by atoms with Crippen LogP contribution in [0.1, 0.15) is 28.4 Å². The summed E-state index contributed by atoms with van der Waals surface area (Å²) in [6.07, 6.45) is 1.69. The van der Waals surface area contributed by atoms with Crippen molar-refractivity contribution in [3.8, 4) is 11.5 Å². The van der Waals surface area contributed by atoms with E-state index in [-0.39, 0.29) is 0 Å². The summed E-state index contributed by atoms with van der Waals surface area (Å²) >= 11 is 5.92. The maximum Gasteiger partial charge on any atom is 0.283 e. The van der Waals surface area contributed by atoms with Gasteiger partial charge in [0.1, 0.15) is 6.61 Å². The van der Waals surface area contributed by atoms with Gasteiger partial charge in [0, 0.05) is 10.6 Å². The molecule has 2 amide bonds. The highest BCUT2D eigenvalue weighted by atomic mass is 35.5. The van der Waals surface area contributed by atoms with Crippen molar-refractivity contribution in [2.45, 2.75) is 13.5 Å². The van der Waals surface area contributed by atoms with E-state index in [2.05, 4.69) is 5.10 Å². The van der Waals surface area contributed by atoms with Gasteiger partial charge in [-0.1, -0.05) is 48.0 Å². The normalized spacial score (nSPS) is 14.4. The molecule has 0 spiro atoms. The Hall–Kier alpha value is -3.90. The number of hydrogen-bond donors (Lipinski definition) is 0. The highest BCUT2D eigenvalue weighted by Gasteiger charge is 2.32. The number of rotatable bonds is 6. The Kier molecular flexibility index (Phi) is 6.56. The zero-order valence-electron chi connectivity index (χ0n) is 18.1. The van der Waals surface area contributed by atoms with E-state index in [0.29, 0.717) is 40.0 Å². The number of amides is 2. The summed E-state index contributed by atoms with van der Waals surface area (Å²) in [7, 11) is 1.55. The van der Waals surface area contributed by atoms with Crippen molar-refractivity contribution in [3.05, 3.63) is 100 Å². The first-order valence-electron chi connectivity index (χ1n) is 10.2. The fourth-order valence-electron chi connectivity index (χ4n) is 3.33. The van der Waals surface area contributed by atoms with Gasteiger partial charge in [0.25, 0.3) is 11.8 Å². The number of hydrazone groups is 1. The smallest absolute Gasteiger partial charge is 0.283 e. The Morgan fingerprint density at radius 2 is 1.76 bits per heavy atom. The second-order valence-electron chi connectivity index (χ2n) is 7.36. The van der Waals surface area contributed by atoms with Gasteiger partial charge in [-0.15, -0.1) is 0 Å². The van der Waals surface area contributed by atoms with Gasteiger partial charge >= 0.3 is 0 Å². The van der Waals surface area contributed by atoms with E-state index in [1.54, 1.807) is 74.7 Å². The van der Waals surface area contributed by atoms with Crippen LogP contribution >= 0.6 is 11.6 Å². The minimum absolute atomic E-state index is 0.344. The lowest BCUT2D eigenvalue weighted by Crippen LogP contribution is -2.29. The molecule has 7 heteroatoms. The number of imide groups is 1. The topological polar surface area (TPSA) is 68.2 Å². The van der Waals surface area contributed by atoms with E-state index in [1.807, 2.05) is 18.2 Å². The molecule has 0 N–H and O–H groups in total. The lowest BCUT2D eigenvalue weighted by Gasteiger charge is -2.12. The summed E-state index contributed by atoms with van der Waals surface area (Å²) in [6, 6.07) is 21.3. The van der Waals surface area contributed by atoms with Crippen LogP contribution in [0.4, 0.5) is 0 Å². The summed E-state index contributed by atoms with van der Waals surface area (Å²) in [5.41, 5.74) is 2.90. The fourth-order valence-corrected chi connectivity index (χ4v) is 3.45. The predicted octanol–water partition coefficient (Wildman–Crippen LogP) is 5.37. The Balaban J connectivity index is 1.52. The van der Waals surface area contributed by atoms with Gasteiger partial charge in [-0.3, -0.25) is 9.59 Å². The van der Waals surface area contributed by atoms with Crippen molar-refractivity contribution in [1.82, 2.24) is 5.01 Å². The van der Waals surface area contributed by atoms with E-state index >= 15 is 0 Å². The average Bonchev–Trinajstić information content (AvgIpc) is 3.12. The molecule has 0 aromatic heterocycles. The molecule has 3 aromatic carbocycles.